The molecule has 6 heteroatoms. The van der Waals surface area contributed by atoms with Gasteiger partial charge in [0.05, 0.1) is 37.3 Å². The Morgan fingerprint density at radius 1 is 1.05 bits per heavy atom. The Labute approximate surface area is 116 Å². The SMILES string of the molecule is O=C(O)C(C1CO1)C1C=CCCC1C(C(=O)O)C1CO1. The number of epoxide rings is 2. The molecular formula is C14H18O6. The summed E-state index contributed by atoms with van der Waals surface area (Å²) in [6, 6.07) is 0. The molecule has 0 bridgehead atoms. The van der Waals surface area contributed by atoms with Gasteiger partial charge < -0.3 is 19.7 Å². The fourth-order valence-corrected chi connectivity index (χ4v) is 3.40. The molecule has 3 aliphatic rings. The molecule has 6 nitrogen and oxygen atoms in total. The predicted molar refractivity (Wildman–Crippen MR) is 67.1 cm³/mol. The number of carbonyl (C=O) groups is 2. The normalized spacial score (nSPS) is 38.0. The minimum absolute atomic E-state index is 0.199. The molecule has 1 aliphatic carbocycles. The highest BCUT2D eigenvalue weighted by Crippen LogP contribution is 2.43. The van der Waals surface area contributed by atoms with Gasteiger partial charge in [0.2, 0.25) is 0 Å². The van der Waals surface area contributed by atoms with Gasteiger partial charge in [-0.15, -0.1) is 0 Å². The van der Waals surface area contributed by atoms with Crippen LogP contribution in [0, 0.1) is 23.7 Å². The molecule has 6 unspecified atom stereocenters. The molecule has 2 N–H and O–H groups in total. The highest BCUT2D eigenvalue weighted by molar-refractivity contribution is 5.74. The van der Waals surface area contributed by atoms with Gasteiger partial charge in [-0.25, -0.2) is 0 Å². The van der Waals surface area contributed by atoms with Crippen molar-refractivity contribution in [3.8, 4) is 0 Å². The molecular weight excluding hydrogens is 264 g/mol. The summed E-state index contributed by atoms with van der Waals surface area (Å²) in [5.41, 5.74) is 0. The summed E-state index contributed by atoms with van der Waals surface area (Å²) in [5, 5.41) is 18.9. The van der Waals surface area contributed by atoms with Crippen LogP contribution < -0.4 is 0 Å². The number of hydrogen-bond acceptors (Lipinski definition) is 4. The quantitative estimate of drug-likeness (QED) is 0.551. The van der Waals surface area contributed by atoms with Gasteiger partial charge in [-0.2, -0.15) is 0 Å². The van der Waals surface area contributed by atoms with E-state index in [1.54, 1.807) is 0 Å². The van der Waals surface area contributed by atoms with Crippen LogP contribution in [-0.2, 0) is 19.1 Å². The summed E-state index contributed by atoms with van der Waals surface area (Å²) < 4.78 is 10.3. The van der Waals surface area contributed by atoms with E-state index < -0.39 is 23.8 Å². The molecule has 0 saturated carbocycles. The predicted octanol–water partition coefficient (Wildman–Crippen LogP) is 0.768. The average Bonchev–Trinajstić information content (AvgIpc) is 3.23. The molecule has 0 aromatic rings. The van der Waals surface area contributed by atoms with Crippen LogP contribution in [-0.4, -0.2) is 47.6 Å². The second-order valence-electron chi connectivity index (χ2n) is 5.72. The lowest BCUT2D eigenvalue weighted by molar-refractivity contribution is -0.150. The molecule has 0 aromatic carbocycles. The van der Waals surface area contributed by atoms with E-state index in [9.17, 15) is 19.8 Å². The van der Waals surface area contributed by atoms with Crippen molar-refractivity contribution in [3.05, 3.63) is 12.2 Å². The third-order valence-electron chi connectivity index (χ3n) is 4.48. The molecule has 20 heavy (non-hydrogen) atoms. The van der Waals surface area contributed by atoms with Crippen LogP contribution in [0.2, 0.25) is 0 Å². The number of hydrogen-bond donors (Lipinski definition) is 2. The average molecular weight is 282 g/mol. The van der Waals surface area contributed by atoms with E-state index in [1.165, 1.54) is 0 Å². The first kappa shape index (κ1) is 13.6. The number of aliphatic carboxylic acids is 2. The fraction of sp³-hybridized carbons (Fsp3) is 0.714. The zero-order valence-electron chi connectivity index (χ0n) is 11.0. The van der Waals surface area contributed by atoms with Gasteiger partial charge in [-0.05, 0) is 24.7 Å². The lowest BCUT2D eigenvalue weighted by Crippen LogP contribution is -2.41. The Morgan fingerprint density at radius 3 is 2.10 bits per heavy atom. The summed E-state index contributed by atoms with van der Waals surface area (Å²) in [6.07, 6.45) is 4.75. The second-order valence-corrected chi connectivity index (χ2v) is 5.72. The summed E-state index contributed by atoms with van der Waals surface area (Å²) in [6.45, 7) is 0.910. The minimum atomic E-state index is -0.907. The lowest BCUT2D eigenvalue weighted by Gasteiger charge is -2.34. The van der Waals surface area contributed by atoms with Crippen LogP contribution in [0.3, 0.4) is 0 Å². The van der Waals surface area contributed by atoms with Crippen molar-refractivity contribution in [2.45, 2.75) is 25.0 Å². The van der Waals surface area contributed by atoms with E-state index in [4.69, 9.17) is 9.47 Å². The second kappa shape index (κ2) is 5.18. The maximum absolute atomic E-state index is 11.5. The molecule has 2 saturated heterocycles. The van der Waals surface area contributed by atoms with E-state index in [0.29, 0.717) is 19.6 Å². The van der Waals surface area contributed by atoms with Crippen molar-refractivity contribution in [1.29, 1.82) is 0 Å². The van der Waals surface area contributed by atoms with E-state index in [-0.39, 0.29) is 24.0 Å². The van der Waals surface area contributed by atoms with Crippen molar-refractivity contribution in [3.63, 3.8) is 0 Å². The largest absolute Gasteiger partial charge is 0.481 e. The van der Waals surface area contributed by atoms with Crippen LogP contribution >= 0.6 is 0 Å². The number of carboxylic acids is 2. The van der Waals surface area contributed by atoms with Gasteiger partial charge in [0.25, 0.3) is 0 Å². The van der Waals surface area contributed by atoms with E-state index in [2.05, 4.69) is 0 Å². The van der Waals surface area contributed by atoms with Crippen LogP contribution in [0.4, 0.5) is 0 Å². The van der Waals surface area contributed by atoms with Crippen LogP contribution in [0.1, 0.15) is 12.8 Å². The van der Waals surface area contributed by atoms with Gasteiger partial charge in [-0.1, -0.05) is 12.2 Å². The van der Waals surface area contributed by atoms with E-state index >= 15 is 0 Å². The van der Waals surface area contributed by atoms with Crippen LogP contribution in [0.25, 0.3) is 0 Å². The number of rotatable bonds is 6. The highest BCUT2D eigenvalue weighted by Gasteiger charge is 2.51. The third kappa shape index (κ3) is 2.58. The van der Waals surface area contributed by atoms with Crippen molar-refractivity contribution < 1.29 is 29.3 Å². The number of carboxylic acid groups (broad SMARTS) is 2. The monoisotopic (exact) mass is 282 g/mol. The van der Waals surface area contributed by atoms with Crippen molar-refractivity contribution >= 4 is 11.9 Å². The smallest absolute Gasteiger partial charge is 0.309 e. The van der Waals surface area contributed by atoms with Crippen molar-refractivity contribution in [2.24, 2.45) is 23.7 Å². The minimum Gasteiger partial charge on any atom is -0.481 e. The van der Waals surface area contributed by atoms with Crippen molar-refractivity contribution in [2.75, 3.05) is 13.2 Å². The fourth-order valence-electron chi connectivity index (χ4n) is 3.40. The molecule has 0 amide bonds. The van der Waals surface area contributed by atoms with Gasteiger partial charge in [0, 0.05) is 0 Å². The Balaban J connectivity index is 1.85. The summed E-state index contributed by atoms with van der Waals surface area (Å²) >= 11 is 0. The standard InChI is InChI=1S/C14H18O6/c15-13(16)11(9-5-19-9)7-3-1-2-4-8(7)12(14(17)18)10-6-20-10/h1,3,7-12H,2,4-6H2,(H,15,16)(H,17,18). The molecule has 0 aromatic heterocycles. The Kier molecular flexibility index (Phi) is 3.52. The Bertz CT molecular complexity index is 437. The number of allylic oxidation sites excluding steroid dienone is 2. The summed E-state index contributed by atoms with van der Waals surface area (Å²) in [4.78, 5) is 23.0. The maximum Gasteiger partial charge on any atom is 0.309 e. The van der Waals surface area contributed by atoms with Crippen molar-refractivity contribution in [1.82, 2.24) is 0 Å². The summed E-state index contributed by atoms with van der Waals surface area (Å²) in [7, 11) is 0. The van der Waals surface area contributed by atoms with Gasteiger partial charge in [0.15, 0.2) is 0 Å². The molecule has 2 fully saturated rings. The molecule has 0 radical (unpaired) electrons. The first-order valence-electron chi connectivity index (χ1n) is 6.95. The van der Waals surface area contributed by atoms with E-state index in [1.807, 2.05) is 12.2 Å². The molecule has 2 aliphatic heterocycles. The molecule has 110 valence electrons. The lowest BCUT2D eigenvalue weighted by atomic mass is 9.68. The topological polar surface area (TPSA) is 99.7 Å². The molecule has 6 atom stereocenters. The first-order valence-corrected chi connectivity index (χ1v) is 6.95. The van der Waals surface area contributed by atoms with Crippen LogP contribution in [0.15, 0.2) is 12.2 Å². The molecule has 2 heterocycles. The highest BCUT2D eigenvalue weighted by atomic mass is 16.6. The van der Waals surface area contributed by atoms with Gasteiger partial charge >= 0.3 is 11.9 Å². The zero-order chi connectivity index (χ0) is 14.3. The Hall–Kier alpha value is -1.40. The van der Waals surface area contributed by atoms with Gasteiger partial charge in [-0.3, -0.25) is 9.59 Å². The molecule has 0 spiro atoms. The third-order valence-corrected chi connectivity index (χ3v) is 4.48. The van der Waals surface area contributed by atoms with E-state index in [0.717, 1.165) is 6.42 Å². The molecule has 3 rings (SSSR count). The first-order chi connectivity index (χ1) is 9.59. The maximum atomic E-state index is 11.5. The van der Waals surface area contributed by atoms with Gasteiger partial charge in [0.1, 0.15) is 0 Å². The number of ether oxygens (including phenoxy) is 2. The Morgan fingerprint density at radius 2 is 1.60 bits per heavy atom. The zero-order valence-corrected chi connectivity index (χ0v) is 11.0. The summed E-state index contributed by atoms with van der Waals surface area (Å²) in [5.74, 6) is -3.56. The van der Waals surface area contributed by atoms with Crippen LogP contribution in [0.5, 0.6) is 0 Å².